The lowest BCUT2D eigenvalue weighted by molar-refractivity contribution is 0.0953. The van der Waals surface area contributed by atoms with Gasteiger partial charge in [0.25, 0.3) is 5.91 Å². The van der Waals surface area contributed by atoms with E-state index in [1.807, 2.05) is 38.2 Å². The minimum atomic E-state index is -0.00476. The summed E-state index contributed by atoms with van der Waals surface area (Å²) in [6.45, 7) is 7.63. The van der Waals surface area contributed by atoms with Crippen molar-refractivity contribution in [1.82, 2.24) is 15.2 Å². The summed E-state index contributed by atoms with van der Waals surface area (Å²) in [5.41, 5.74) is 4.12. The molecule has 1 aromatic heterocycles. The third-order valence-electron chi connectivity index (χ3n) is 4.06. The van der Waals surface area contributed by atoms with Crippen molar-refractivity contribution in [3.63, 3.8) is 0 Å². The molecule has 0 bridgehead atoms. The Kier molecular flexibility index (Phi) is 5.39. The molecular formula is C18H25N3O. The molecule has 118 valence electrons. The molecule has 2 rings (SSSR count). The molecule has 0 saturated heterocycles. The number of amides is 1. The van der Waals surface area contributed by atoms with E-state index >= 15 is 0 Å². The van der Waals surface area contributed by atoms with Gasteiger partial charge in [0, 0.05) is 24.5 Å². The number of nitrogens with zero attached hydrogens (tertiary/aromatic N) is 1. The molecular weight excluding hydrogens is 274 g/mol. The van der Waals surface area contributed by atoms with Gasteiger partial charge in [-0.25, -0.2) is 0 Å². The molecule has 4 heteroatoms. The lowest BCUT2D eigenvalue weighted by Crippen LogP contribution is -2.30. The quantitative estimate of drug-likeness (QED) is 0.806. The average Bonchev–Trinajstić information content (AvgIpc) is 2.82. The maximum Gasteiger partial charge on any atom is 0.253 e. The normalized spacial score (nSPS) is 12.2. The van der Waals surface area contributed by atoms with Gasteiger partial charge >= 0.3 is 0 Å². The molecule has 0 fully saturated rings. The maximum atomic E-state index is 12.3. The van der Waals surface area contributed by atoms with Crippen LogP contribution in [0.4, 0.5) is 0 Å². The fourth-order valence-electron chi connectivity index (χ4n) is 2.88. The van der Waals surface area contributed by atoms with E-state index in [4.69, 9.17) is 0 Å². The van der Waals surface area contributed by atoms with E-state index in [0.29, 0.717) is 6.54 Å². The number of hydrogen-bond donors (Lipinski definition) is 2. The van der Waals surface area contributed by atoms with E-state index in [1.54, 1.807) is 0 Å². The number of rotatable bonds is 6. The molecule has 0 radical (unpaired) electrons. The summed E-state index contributed by atoms with van der Waals surface area (Å²) in [5.74, 6) is -0.00476. The lowest BCUT2D eigenvalue weighted by Gasteiger charge is -2.19. The molecule has 0 aliphatic carbocycles. The summed E-state index contributed by atoms with van der Waals surface area (Å²) in [6.07, 6.45) is 0. The summed E-state index contributed by atoms with van der Waals surface area (Å²) in [4.78, 5) is 12.3. The van der Waals surface area contributed by atoms with Crippen molar-refractivity contribution in [2.75, 3.05) is 20.1 Å². The SMILES string of the molecule is CNCCNC(=O)c1cc(C)n(C(C)c2ccccc2)c1C. The lowest BCUT2D eigenvalue weighted by atomic mass is 10.1. The van der Waals surface area contributed by atoms with Gasteiger partial charge in [0.1, 0.15) is 0 Å². The van der Waals surface area contributed by atoms with Gasteiger partial charge in [0.15, 0.2) is 0 Å². The Morgan fingerprint density at radius 1 is 1.18 bits per heavy atom. The number of aryl methyl sites for hydroxylation is 1. The smallest absolute Gasteiger partial charge is 0.253 e. The van der Waals surface area contributed by atoms with E-state index < -0.39 is 0 Å². The molecule has 1 amide bonds. The van der Waals surface area contributed by atoms with Crippen molar-refractivity contribution >= 4 is 5.91 Å². The monoisotopic (exact) mass is 299 g/mol. The molecule has 1 atom stereocenters. The fraction of sp³-hybridized carbons (Fsp3) is 0.389. The van der Waals surface area contributed by atoms with Gasteiger partial charge in [-0.05, 0) is 39.4 Å². The Bertz CT molecular complexity index is 631. The molecule has 1 unspecified atom stereocenters. The van der Waals surface area contributed by atoms with Crippen LogP contribution in [0.2, 0.25) is 0 Å². The predicted octanol–water partition coefficient (Wildman–Crippen LogP) is 2.66. The third-order valence-corrected chi connectivity index (χ3v) is 4.06. The number of aromatic nitrogens is 1. The van der Waals surface area contributed by atoms with Crippen LogP contribution in [0.1, 0.15) is 40.3 Å². The van der Waals surface area contributed by atoms with Gasteiger partial charge in [-0.2, -0.15) is 0 Å². The first-order valence-electron chi connectivity index (χ1n) is 7.72. The Morgan fingerprint density at radius 2 is 1.86 bits per heavy atom. The molecule has 0 spiro atoms. The average molecular weight is 299 g/mol. The highest BCUT2D eigenvalue weighted by Gasteiger charge is 2.19. The second-order valence-electron chi connectivity index (χ2n) is 5.60. The highest BCUT2D eigenvalue weighted by Crippen LogP contribution is 2.25. The number of carbonyl (C=O) groups excluding carboxylic acids is 1. The van der Waals surface area contributed by atoms with E-state index in [9.17, 15) is 4.79 Å². The number of benzene rings is 1. The van der Waals surface area contributed by atoms with Gasteiger partial charge < -0.3 is 15.2 Å². The zero-order valence-electron chi connectivity index (χ0n) is 13.8. The zero-order chi connectivity index (χ0) is 16.1. The van der Waals surface area contributed by atoms with Crippen LogP contribution < -0.4 is 10.6 Å². The fourth-order valence-corrected chi connectivity index (χ4v) is 2.88. The van der Waals surface area contributed by atoms with Crippen molar-refractivity contribution in [2.24, 2.45) is 0 Å². The van der Waals surface area contributed by atoms with Gasteiger partial charge in [0.2, 0.25) is 0 Å². The van der Waals surface area contributed by atoms with Crippen LogP contribution in [-0.2, 0) is 0 Å². The summed E-state index contributed by atoms with van der Waals surface area (Å²) in [5, 5.41) is 5.97. The summed E-state index contributed by atoms with van der Waals surface area (Å²) >= 11 is 0. The number of carbonyl (C=O) groups is 1. The molecule has 2 N–H and O–H groups in total. The minimum Gasteiger partial charge on any atom is -0.351 e. The van der Waals surface area contributed by atoms with Gasteiger partial charge in [-0.1, -0.05) is 30.3 Å². The van der Waals surface area contributed by atoms with Crippen LogP contribution >= 0.6 is 0 Å². The first kappa shape index (κ1) is 16.3. The van der Waals surface area contributed by atoms with Crippen LogP contribution in [0.15, 0.2) is 36.4 Å². The molecule has 1 aromatic carbocycles. The Morgan fingerprint density at radius 3 is 2.50 bits per heavy atom. The summed E-state index contributed by atoms with van der Waals surface area (Å²) in [7, 11) is 1.87. The van der Waals surface area contributed by atoms with Crippen molar-refractivity contribution in [2.45, 2.75) is 26.8 Å². The molecule has 0 aliphatic heterocycles. The van der Waals surface area contributed by atoms with E-state index in [1.165, 1.54) is 5.56 Å². The van der Waals surface area contributed by atoms with E-state index in [2.05, 4.69) is 41.2 Å². The number of nitrogens with one attached hydrogen (secondary N) is 2. The van der Waals surface area contributed by atoms with Gasteiger partial charge in [-0.3, -0.25) is 4.79 Å². The largest absolute Gasteiger partial charge is 0.351 e. The molecule has 2 aromatic rings. The van der Waals surface area contributed by atoms with Crippen LogP contribution in [0.5, 0.6) is 0 Å². The van der Waals surface area contributed by atoms with Crippen LogP contribution in [-0.4, -0.2) is 30.6 Å². The topological polar surface area (TPSA) is 46.1 Å². The minimum absolute atomic E-state index is 0.00476. The molecule has 0 saturated carbocycles. The second-order valence-corrected chi connectivity index (χ2v) is 5.60. The van der Waals surface area contributed by atoms with Crippen LogP contribution in [0, 0.1) is 13.8 Å². The van der Waals surface area contributed by atoms with Crippen LogP contribution in [0.3, 0.4) is 0 Å². The standard InChI is InChI=1S/C18H25N3O/c1-13-12-17(18(22)20-11-10-19-4)15(3)21(13)14(2)16-8-6-5-7-9-16/h5-9,12,14,19H,10-11H2,1-4H3,(H,20,22). The van der Waals surface area contributed by atoms with Crippen molar-refractivity contribution in [1.29, 1.82) is 0 Å². The first-order chi connectivity index (χ1) is 10.6. The van der Waals surface area contributed by atoms with Gasteiger partial charge in [0.05, 0.1) is 11.6 Å². The van der Waals surface area contributed by atoms with Crippen molar-refractivity contribution in [3.05, 3.63) is 58.9 Å². The Balaban J connectivity index is 2.25. The predicted molar refractivity (Wildman–Crippen MR) is 90.4 cm³/mol. The summed E-state index contributed by atoms with van der Waals surface area (Å²) < 4.78 is 2.22. The maximum absolute atomic E-state index is 12.3. The zero-order valence-corrected chi connectivity index (χ0v) is 13.8. The molecule has 22 heavy (non-hydrogen) atoms. The Labute approximate surface area is 132 Å². The molecule has 1 heterocycles. The highest BCUT2D eigenvalue weighted by molar-refractivity contribution is 5.95. The Hall–Kier alpha value is -2.07. The van der Waals surface area contributed by atoms with Crippen molar-refractivity contribution in [3.8, 4) is 0 Å². The third kappa shape index (κ3) is 3.39. The molecule has 0 aliphatic rings. The first-order valence-corrected chi connectivity index (χ1v) is 7.72. The van der Waals surface area contributed by atoms with Gasteiger partial charge in [-0.15, -0.1) is 0 Å². The van der Waals surface area contributed by atoms with E-state index in [-0.39, 0.29) is 11.9 Å². The van der Waals surface area contributed by atoms with Crippen LogP contribution in [0.25, 0.3) is 0 Å². The number of hydrogen-bond acceptors (Lipinski definition) is 2. The van der Waals surface area contributed by atoms with Crippen molar-refractivity contribution < 1.29 is 4.79 Å². The second kappa shape index (κ2) is 7.27. The highest BCUT2D eigenvalue weighted by atomic mass is 16.1. The summed E-state index contributed by atoms with van der Waals surface area (Å²) in [6, 6.07) is 12.5. The van der Waals surface area contributed by atoms with E-state index in [0.717, 1.165) is 23.5 Å². The number of likely N-dealkylation sites (N-methyl/N-ethyl adjacent to an activating group) is 1. The molecule has 4 nitrogen and oxygen atoms in total.